The molecule has 2 aliphatic rings. The van der Waals surface area contributed by atoms with Crippen molar-refractivity contribution in [3.63, 3.8) is 0 Å². The summed E-state index contributed by atoms with van der Waals surface area (Å²) in [6.07, 6.45) is 1.90. The van der Waals surface area contributed by atoms with Crippen molar-refractivity contribution in [2.45, 2.75) is 51.5 Å². The highest BCUT2D eigenvalue weighted by molar-refractivity contribution is 5.80. The van der Waals surface area contributed by atoms with Gasteiger partial charge in [-0.05, 0) is 58.2 Å². The van der Waals surface area contributed by atoms with Crippen LogP contribution in [0.15, 0.2) is 23.2 Å². The number of aliphatic imine (C=N–C) groups is 1. The van der Waals surface area contributed by atoms with Crippen molar-refractivity contribution in [3.05, 3.63) is 23.8 Å². The summed E-state index contributed by atoms with van der Waals surface area (Å²) < 4.78 is 16.7. The van der Waals surface area contributed by atoms with Crippen LogP contribution in [0.2, 0.25) is 0 Å². The van der Waals surface area contributed by atoms with Gasteiger partial charge in [-0.25, -0.2) is 0 Å². The molecule has 0 radical (unpaired) electrons. The fraction of sp³-hybridized carbons (Fsp3) is 0.650. The molecule has 3 rings (SSSR count). The zero-order valence-corrected chi connectivity index (χ0v) is 16.4. The molecule has 0 saturated carbocycles. The zero-order valence-electron chi connectivity index (χ0n) is 16.4. The van der Waals surface area contributed by atoms with Crippen LogP contribution in [-0.4, -0.2) is 44.6 Å². The molecular weight excluding hydrogens is 330 g/mol. The van der Waals surface area contributed by atoms with Crippen LogP contribution in [0.1, 0.15) is 46.1 Å². The number of nitrogens with zero attached hydrogens (tertiary/aromatic N) is 1. The highest BCUT2D eigenvalue weighted by Gasteiger charge is 2.35. The second-order valence-electron chi connectivity index (χ2n) is 8.03. The van der Waals surface area contributed by atoms with Crippen LogP contribution in [0.3, 0.4) is 0 Å². The summed E-state index contributed by atoms with van der Waals surface area (Å²) in [4.78, 5) is 4.93. The fourth-order valence-electron chi connectivity index (χ4n) is 3.42. The van der Waals surface area contributed by atoms with Crippen molar-refractivity contribution in [1.29, 1.82) is 0 Å². The van der Waals surface area contributed by atoms with Crippen LogP contribution in [0.25, 0.3) is 0 Å². The minimum Gasteiger partial charge on any atom is -0.454 e. The highest BCUT2D eigenvalue weighted by Crippen LogP contribution is 2.41. The van der Waals surface area contributed by atoms with Crippen molar-refractivity contribution in [3.8, 4) is 11.5 Å². The topological polar surface area (TPSA) is 64.1 Å². The second kappa shape index (κ2) is 7.74. The van der Waals surface area contributed by atoms with Crippen LogP contribution >= 0.6 is 0 Å². The Morgan fingerprint density at radius 2 is 1.88 bits per heavy atom. The Labute approximate surface area is 156 Å². The van der Waals surface area contributed by atoms with E-state index in [1.165, 1.54) is 5.56 Å². The molecule has 0 spiro atoms. The van der Waals surface area contributed by atoms with Crippen LogP contribution < -0.4 is 20.1 Å². The summed E-state index contributed by atoms with van der Waals surface area (Å²) in [6, 6.07) is 6.28. The smallest absolute Gasteiger partial charge is 0.231 e. The van der Waals surface area contributed by atoms with E-state index in [-0.39, 0.29) is 11.0 Å². The molecule has 2 aliphatic heterocycles. The Morgan fingerprint density at radius 3 is 2.58 bits per heavy atom. The first kappa shape index (κ1) is 18.8. The summed E-state index contributed by atoms with van der Waals surface area (Å²) in [5, 5.41) is 6.82. The standard InChI is InChI=1S/C20H31N3O3/c1-5-21-18(23-19(2,3)4)22-13-20(8-10-24-11-9-20)15-6-7-16-17(12-15)26-14-25-16/h6-7,12H,5,8-11,13-14H2,1-4H3,(H2,21,22,23). The number of guanidine groups is 1. The Morgan fingerprint density at radius 1 is 1.15 bits per heavy atom. The van der Waals surface area contributed by atoms with E-state index < -0.39 is 0 Å². The molecule has 2 N–H and O–H groups in total. The molecule has 0 aromatic heterocycles. The minimum absolute atomic E-state index is 0.0391. The van der Waals surface area contributed by atoms with Crippen LogP contribution in [0, 0.1) is 0 Å². The molecule has 1 aromatic carbocycles. The molecule has 0 aliphatic carbocycles. The first-order chi connectivity index (χ1) is 12.4. The monoisotopic (exact) mass is 361 g/mol. The molecule has 0 unspecified atom stereocenters. The summed E-state index contributed by atoms with van der Waals surface area (Å²) in [6.45, 7) is 11.9. The Balaban J connectivity index is 1.86. The fourth-order valence-corrected chi connectivity index (χ4v) is 3.42. The number of hydrogen-bond acceptors (Lipinski definition) is 4. The molecule has 2 heterocycles. The third kappa shape index (κ3) is 4.41. The first-order valence-electron chi connectivity index (χ1n) is 9.46. The SMILES string of the molecule is CCNC(=NCC1(c2ccc3c(c2)OCO3)CCOCC1)NC(C)(C)C. The summed E-state index contributed by atoms with van der Waals surface area (Å²) in [5.74, 6) is 2.51. The lowest BCUT2D eigenvalue weighted by atomic mass is 9.74. The molecule has 0 bridgehead atoms. The number of benzene rings is 1. The van der Waals surface area contributed by atoms with E-state index in [0.717, 1.165) is 50.1 Å². The molecular formula is C20H31N3O3. The number of ether oxygens (including phenoxy) is 3. The summed E-state index contributed by atoms with van der Waals surface area (Å²) in [7, 11) is 0. The number of rotatable bonds is 4. The maximum atomic E-state index is 5.64. The predicted octanol–water partition coefficient (Wildman–Crippen LogP) is 2.82. The normalized spacial score (nSPS) is 19.3. The van der Waals surface area contributed by atoms with Gasteiger partial charge in [-0.3, -0.25) is 4.99 Å². The van der Waals surface area contributed by atoms with E-state index in [9.17, 15) is 0 Å². The average molecular weight is 361 g/mol. The molecule has 1 saturated heterocycles. The van der Waals surface area contributed by atoms with Gasteiger partial charge >= 0.3 is 0 Å². The lowest BCUT2D eigenvalue weighted by Crippen LogP contribution is -2.48. The Hall–Kier alpha value is -1.95. The molecule has 0 atom stereocenters. The molecule has 0 amide bonds. The van der Waals surface area contributed by atoms with Gasteiger partial charge in [0.15, 0.2) is 17.5 Å². The van der Waals surface area contributed by atoms with E-state index >= 15 is 0 Å². The number of nitrogens with one attached hydrogen (secondary N) is 2. The lowest BCUT2D eigenvalue weighted by Gasteiger charge is -2.37. The third-order valence-corrected chi connectivity index (χ3v) is 4.81. The Bertz CT molecular complexity index is 646. The van der Waals surface area contributed by atoms with E-state index in [2.05, 4.69) is 50.5 Å². The molecule has 6 heteroatoms. The van der Waals surface area contributed by atoms with E-state index in [0.29, 0.717) is 13.3 Å². The van der Waals surface area contributed by atoms with E-state index in [4.69, 9.17) is 19.2 Å². The van der Waals surface area contributed by atoms with Gasteiger partial charge in [-0.15, -0.1) is 0 Å². The third-order valence-electron chi connectivity index (χ3n) is 4.81. The van der Waals surface area contributed by atoms with Gasteiger partial charge in [-0.1, -0.05) is 6.07 Å². The predicted molar refractivity (Wildman–Crippen MR) is 103 cm³/mol. The van der Waals surface area contributed by atoms with Crippen LogP contribution in [0.5, 0.6) is 11.5 Å². The second-order valence-corrected chi connectivity index (χ2v) is 8.03. The van der Waals surface area contributed by atoms with Crippen molar-refractivity contribution in [1.82, 2.24) is 10.6 Å². The minimum atomic E-state index is -0.0422. The van der Waals surface area contributed by atoms with Crippen LogP contribution in [0.4, 0.5) is 0 Å². The van der Waals surface area contributed by atoms with Gasteiger partial charge in [0.1, 0.15) is 0 Å². The van der Waals surface area contributed by atoms with E-state index in [1.807, 2.05) is 6.07 Å². The van der Waals surface area contributed by atoms with Crippen molar-refractivity contribution in [2.24, 2.45) is 4.99 Å². The molecule has 6 nitrogen and oxygen atoms in total. The van der Waals surface area contributed by atoms with Crippen molar-refractivity contribution >= 4 is 5.96 Å². The molecule has 1 fully saturated rings. The highest BCUT2D eigenvalue weighted by atomic mass is 16.7. The number of hydrogen-bond donors (Lipinski definition) is 2. The molecule has 1 aromatic rings. The molecule has 26 heavy (non-hydrogen) atoms. The quantitative estimate of drug-likeness (QED) is 0.638. The van der Waals surface area contributed by atoms with Gasteiger partial charge in [0.2, 0.25) is 6.79 Å². The van der Waals surface area contributed by atoms with Crippen LogP contribution in [-0.2, 0) is 10.2 Å². The van der Waals surface area contributed by atoms with Gasteiger partial charge < -0.3 is 24.8 Å². The van der Waals surface area contributed by atoms with Gasteiger partial charge in [0.05, 0.1) is 6.54 Å². The average Bonchev–Trinajstić information content (AvgIpc) is 3.07. The maximum absolute atomic E-state index is 5.64. The van der Waals surface area contributed by atoms with Crippen molar-refractivity contribution in [2.75, 3.05) is 33.1 Å². The lowest BCUT2D eigenvalue weighted by molar-refractivity contribution is 0.0530. The molecule has 144 valence electrons. The number of fused-ring (bicyclic) bond motifs is 1. The van der Waals surface area contributed by atoms with Gasteiger partial charge in [-0.2, -0.15) is 0 Å². The maximum Gasteiger partial charge on any atom is 0.231 e. The first-order valence-corrected chi connectivity index (χ1v) is 9.46. The Kier molecular flexibility index (Phi) is 5.61. The van der Waals surface area contributed by atoms with Gasteiger partial charge in [0, 0.05) is 30.7 Å². The van der Waals surface area contributed by atoms with Gasteiger partial charge in [0.25, 0.3) is 0 Å². The van der Waals surface area contributed by atoms with Crippen molar-refractivity contribution < 1.29 is 14.2 Å². The van der Waals surface area contributed by atoms with E-state index in [1.54, 1.807) is 0 Å². The summed E-state index contributed by atoms with van der Waals surface area (Å²) in [5.41, 5.74) is 1.17. The zero-order chi connectivity index (χ0) is 18.6. The summed E-state index contributed by atoms with van der Waals surface area (Å²) >= 11 is 0. The largest absolute Gasteiger partial charge is 0.454 e.